The molecule has 0 saturated carbocycles. The monoisotopic (exact) mass is 445 g/mol. The first-order chi connectivity index (χ1) is 15.4. The predicted molar refractivity (Wildman–Crippen MR) is 130 cm³/mol. The van der Waals surface area contributed by atoms with E-state index in [0.717, 1.165) is 29.7 Å². The third-order valence-electron chi connectivity index (χ3n) is 5.65. The molecule has 1 aromatic heterocycles. The van der Waals surface area contributed by atoms with Crippen molar-refractivity contribution in [1.82, 2.24) is 9.55 Å². The molecule has 3 aromatic carbocycles. The number of para-hydroxylation sites is 1. The lowest BCUT2D eigenvalue weighted by molar-refractivity contribution is 0.102. The summed E-state index contributed by atoms with van der Waals surface area (Å²) in [5.74, 6) is 0.369. The molecule has 162 valence electrons. The molecule has 5 nitrogen and oxygen atoms in total. The van der Waals surface area contributed by atoms with Crippen LogP contribution >= 0.6 is 11.6 Å². The fourth-order valence-electron chi connectivity index (χ4n) is 3.96. The zero-order valence-electron chi connectivity index (χ0n) is 18.3. The number of hydrogen-bond acceptors (Lipinski definition) is 3. The van der Waals surface area contributed by atoms with E-state index < -0.39 is 0 Å². The number of benzene rings is 3. The van der Waals surface area contributed by atoms with Crippen LogP contribution in [0.4, 0.5) is 5.69 Å². The van der Waals surface area contributed by atoms with E-state index in [4.69, 9.17) is 11.6 Å². The average Bonchev–Trinajstić information content (AvgIpc) is 2.80. The van der Waals surface area contributed by atoms with Crippen LogP contribution in [-0.2, 0) is 12.8 Å². The van der Waals surface area contributed by atoms with E-state index in [0.29, 0.717) is 33.0 Å². The minimum absolute atomic E-state index is 0.135. The maximum Gasteiger partial charge on any atom is 0.265 e. The first-order valence-corrected chi connectivity index (χ1v) is 11.0. The summed E-state index contributed by atoms with van der Waals surface area (Å²) in [6.07, 6.45) is 1.51. The summed E-state index contributed by atoms with van der Waals surface area (Å²) in [6, 6.07) is 18.1. The van der Waals surface area contributed by atoms with E-state index in [9.17, 15) is 9.59 Å². The highest BCUT2D eigenvalue weighted by Crippen LogP contribution is 2.30. The van der Waals surface area contributed by atoms with Crippen LogP contribution < -0.4 is 10.9 Å². The van der Waals surface area contributed by atoms with Crippen molar-refractivity contribution in [2.45, 2.75) is 33.6 Å². The van der Waals surface area contributed by atoms with Crippen molar-refractivity contribution in [3.8, 4) is 5.69 Å². The molecule has 0 aliphatic rings. The third kappa shape index (κ3) is 3.92. The number of rotatable bonds is 5. The number of amides is 1. The van der Waals surface area contributed by atoms with Gasteiger partial charge >= 0.3 is 0 Å². The van der Waals surface area contributed by atoms with Crippen LogP contribution in [0.15, 0.2) is 65.5 Å². The predicted octanol–water partition coefficient (Wildman–Crippen LogP) is 5.72. The number of hydrogen-bond donors (Lipinski definition) is 1. The van der Waals surface area contributed by atoms with E-state index in [1.54, 1.807) is 41.8 Å². The van der Waals surface area contributed by atoms with Gasteiger partial charge in [-0.1, -0.05) is 43.6 Å². The first kappa shape index (κ1) is 21.8. The van der Waals surface area contributed by atoms with Gasteiger partial charge in [-0.15, -0.1) is 0 Å². The van der Waals surface area contributed by atoms with Gasteiger partial charge in [0.1, 0.15) is 5.82 Å². The van der Waals surface area contributed by atoms with E-state index in [2.05, 4.69) is 10.3 Å². The standard InChI is InChI=1S/C26H24ClN3O2/c1-4-17-12-15-22(27)20(5-2)24(17)29-25(31)18-10-13-19(14-11-18)30-16(3)28-23-9-7-6-8-21(23)26(30)32/h6-15H,4-5H2,1-3H3,(H,29,31). The lowest BCUT2D eigenvalue weighted by Gasteiger charge is -2.16. The number of nitrogens with zero attached hydrogens (tertiary/aromatic N) is 2. The second kappa shape index (κ2) is 8.97. The Kier molecular flexibility index (Phi) is 6.10. The van der Waals surface area contributed by atoms with Crippen LogP contribution in [0.3, 0.4) is 0 Å². The first-order valence-electron chi connectivity index (χ1n) is 10.6. The molecule has 0 fully saturated rings. The number of nitrogens with one attached hydrogen (secondary N) is 1. The van der Waals surface area contributed by atoms with Gasteiger partial charge in [0, 0.05) is 16.3 Å². The van der Waals surface area contributed by atoms with Crippen molar-refractivity contribution in [3.63, 3.8) is 0 Å². The molecule has 6 heteroatoms. The molecule has 1 heterocycles. The highest BCUT2D eigenvalue weighted by Gasteiger charge is 2.15. The zero-order valence-corrected chi connectivity index (χ0v) is 19.0. The molecular formula is C26H24ClN3O2. The van der Waals surface area contributed by atoms with Gasteiger partial charge < -0.3 is 5.32 Å². The summed E-state index contributed by atoms with van der Waals surface area (Å²) in [6.45, 7) is 5.86. The van der Waals surface area contributed by atoms with Crippen LogP contribution in [0.2, 0.25) is 5.02 Å². The minimum Gasteiger partial charge on any atom is -0.321 e. The molecule has 4 rings (SSSR count). The van der Waals surface area contributed by atoms with Gasteiger partial charge in [-0.05, 0) is 73.4 Å². The number of aromatic nitrogens is 2. The Morgan fingerprint density at radius 3 is 2.41 bits per heavy atom. The number of anilines is 1. The molecule has 0 aliphatic carbocycles. The number of carbonyl (C=O) groups excluding carboxylic acids is 1. The van der Waals surface area contributed by atoms with Gasteiger partial charge in [0.15, 0.2) is 0 Å². The van der Waals surface area contributed by atoms with Crippen LogP contribution in [0, 0.1) is 6.92 Å². The van der Waals surface area contributed by atoms with E-state index in [1.165, 1.54) is 0 Å². The smallest absolute Gasteiger partial charge is 0.265 e. The molecule has 0 atom stereocenters. The third-order valence-corrected chi connectivity index (χ3v) is 6.00. The fraction of sp³-hybridized carbons (Fsp3) is 0.192. The normalized spacial score (nSPS) is 11.0. The molecule has 0 saturated heterocycles. The molecule has 0 radical (unpaired) electrons. The van der Waals surface area contributed by atoms with Crippen molar-refractivity contribution in [1.29, 1.82) is 0 Å². The van der Waals surface area contributed by atoms with Gasteiger partial charge in [-0.3, -0.25) is 14.2 Å². The number of fused-ring (bicyclic) bond motifs is 1. The maximum atomic E-state index is 13.0. The molecule has 32 heavy (non-hydrogen) atoms. The van der Waals surface area contributed by atoms with Gasteiger partial charge in [0.2, 0.25) is 0 Å². The summed E-state index contributed by atoms with van der Waals surface area (Å²) < 4.78 is 1.56. The van der Waals surface area contributed by atoms with Crippen molar-refractivity contribution in [2.75, 3.05) is 5.32 Å². The van der Waals surface area contributed by atoms with Crippen molar-refractivity contribution >= 4 is 34.1 Å². The summed E-state index contributed by atoms with van der Waals surface area (Å²) in [5, 5.41) is 4.24. The molecule has 0 aliphatic heterocycles. The van der Waals surface area contributed by atoms with Gasteiger partial charge in [0.05, 0.1) is 16.6 Å². The Bertz CT molecular complexity index is 1370. The van der Waals surface area contributed by atoms with E-state index >= 15 is 0 Å². The van der Waals surface area contributed by atoms with Crippen LogP contribution in [-0.4, -0.2) is 15.5 Å². The summed E-state index contributed by atoms with van der Waals surface area (Å²) in [7, 11) is 0. The zero-order chi connectivity index (χ0) is 22.8. The summed E-state index contributed by atoms with van der Waals surface area (Å²) >= 11 is 6.36. The lowest BCUT2D eigenvalue weighted by atomic mass is 10.0. The molecule has 1 N–H and O–H groups in total. The molecule has 0 unspecified atom stereocenters. The minimum atomic E-state index is -0.219. The fourth-order valence-corrected chi connectivity index (χ4v) is 4.25. The Labute approximate surface area is 191 Å². The van der Waals surface area contributed by atoms with Crippen molar-refractivity contribution < 1.29 is 4.79 Å². The molecular weight excluding hydrogens is 422 g/mol. The Hall–Kier alpha value is -3.44. The van der Waals surface area contributed by atoms with E-state index in [-0.39, 0.29) is 11.5 Å². The Morgan fingerprint density at radius 1 is 1.00 bits per heavy atom. The molecule has 0 spiro atoms. The van der Waals surface area contributed by atoms with Gasteiger partial charge in [-0.25, -0.2) is 4.98 Å². The van der Waals surface area contributed by atoms with Crippen LogP contribution in [0.1, 0.15) is 41.2 Å². The lowest BCUT2D eigenvalue weighted by Crippen LogP contribution is -2.22. The maximum absolute atomic E-state index is 13.0. The van der Waals surface area contributed by atoms with Crippen molar-refractivity contribution in [2.24, 2.45) is 0 Å². The quantitative estimate of drug-likeness (QED) is 0.427. The highest BCUT2D eigenvalue weighted by molar-refractivity contribution is 6.32. The second-order valence-electron chi connectivity index (χ2n) is 7.58. The van der Waals surface area contributed by atoms with Crippen LogP contribution in [0.25, 0.3) is 16.6 Å². The highest BCUT2D eigenvalue weighted by atomic mass is 35.5. The molecule has 1 amide bonds. The molecule has 0 bridgehead atoms. The largest absolute Gasteiger partial charge is 0.321 e. The summed E-state index contributed by atoms with van der Waals surface area (Å²) in [5.41, 5.74) is 4.45. The number of aryl methyl sites for hydroxylation is 2. The SMILES string of the molecule is CCc1ccc(Cl)c(CC)c1NC(=O)c1ccc(-n2c(C)nc3ccccc3c2=O)cc1. The summed E-state index contributed by atoms with van der Waals surface area (Å²) in [4.78, 5) is 30.5. The van der Waals surface area contributed by atoms with E-state index in [1.807, 2.05) is 44.2 Å². The van der Waals surface area contributed by atoms with Crippen molar-refractivity contribution in [3.05, 3.63) is 98.6 Å². The van der Waals surface area contributed by atoms with Gasteiger partial charge in [0.25, 0.3) is 11.5 Å². The Balaban J connectivity index is 1.68. The Morgan fingerprint density at radius 2 is 1.72 bits per heavy atom. The second-order valence-corrected chi connectivity index (χ2v) is 7.99. The topological polar surface area (TPSA) is 64.0 Å². The molecule has 4 aromatic rings. The van der Waals surface area contributed by atoms with Gasteiger partial charge in [-0.2, -0.15) is 0 Å². The van der Waals surface area contributed by atoms with Crippen LogP contribution in [0.5, 0.6) is 0 Å². The number of halogens is 1. The average molecular weight is 446 g/mol. The number of carbonyl (C=O) groups is 1.